The standard InChI is InChI=1S/C12H24N2O/c1-5-12(3,4)11(15)14-10-7-6-9(2)13-8-10/h9-10,13H,5-8H2,1-4H3,(H,14,15). The molecule has 88 valence electrons. The third-order valence-electron chi connectivity index (χ3n) is 3.49. The third-order valence-corrected chi connectivity index (χ3v) is 3.49. The molecule has 2 N–H and O–H groups in total. The van der Waals surface area contributed by atoms with Crippen LogP contribution in [0.2, 0.25) is 0 Å². The molecule has 3 heteroatoms. The van der Waals surface area contributed by atoms with Crippen LogP contribution in [0.15, 0.2) is 0 Å². The van der Waals surface area contributed by atoms with Crippen LogP contribution in [-0.2, 0) is 4.79 Å². The Morgan fingerprint density at radius 2 is 2.13 bits per heavy atom. The first-order chi connectivity index (χ1) is 6.95. The van der Waals surface area contributed by atoms with E-state index in [1.807, 2.05) is 13.8 Å². The van der Waals surface area contributed by atoms with Gasteiger partial charge in [-0.05, 0) is 26.2 Å². The van der Waals surface area contributed by atoms with Crippen molar-refractivity contribution in [1.82, 2.24) is 10.6 Å². The summed E-state index contributed by atoms with van der Waals surface area (Å²) in [5.41, 5.74) is -0.233. The first-order valence-corrected chi connectivity index (χ1v) is 6.00. The van der Waals surface area contributed by atoms with Crippen LogP contribution in [0.1, 0.15) is 47.0 Å². The maximum Gasteiger partial charge on any atom is 0.225 e. The van der Waals surface area contributed by atoms with Crippen LogP contribution in [0.25, 0.3) is 0 Å². The highest BCUT2D eigenvalue weighted by Crippen LogP contribution is 2.20. The van der Waals surface area contributed by atoms with Crippen molar-refractivity contribution >= 4 is 5.91 Å². The highest BCUT2D eigenvalue weighted by molar-refractivity contribution is 5.82. The van der Waals surface area contributed by atoms with E-state index in [0.717, 1.165) is 25.8 Å². The first-order valence-electron chi connectivity index (χ1n) is 6.00. The molecule has 0 saturated carbocycles. The monoisotopic (exact) mass is 212 g/mol. The molecule has 0 aromatic carbocycles. The van der Waals surface area contributed by atoms with Gasteiger partial charge in [0.25, 0.3) is 0 Å². The van der Waals surface area contributed by atoms with E-state index in [1.54, 1.807) is 0 Å². The van der Waals surface area contributed by atoms with Crippen molar-refractivity contribution < 1.29 is 4.79 Å². The lowest BCUT2D eigenvalue weighted by atomic mass is 9.88. The molecule has 1 aliphatic rings. The summed E-state index contributed by atoms with van der Waals surface area (Å²) in [6.45, 7) is 9.16. The van der Waals surface area contributed by atoms with Gasteiger partial charge < -0.3 is 10.6 Å². The molecule has 15 heavy (non-hydrogen) atoms. The summed E-state index contributed by atoms with van der Waals surface area (Å²) >= 11 is 0. The van der Waals surface area contributed by atoms with Crippen LogP contribution < -0.4 is 10.6 Å². The van der Waals surface area contributed by atoms with Gasteiger partial charge in [0, 0.05) is 24.0 Å². The molecule has 1 aliphatic heterocycles. The van der Waals surface area contributed by atoms with Gasteiger partial charge in [-0.2, -0.15) is 0 Å². The molecular weight excluding hydrogens is 188 g/mol. The number of nitrogens with one attached hydrogen (secondary N) is 2. The van der Waals surface area contributed by atoms with Gasteiger partial charge in [0.05, 0.1) is 0 Å². The molecule has 1 heterocycles. The Labute approximate surface area is 93.0 Å². The Morgan fingerprint density at radius 3 is 2.60 bits per heavy atom. The molecule has 1 fully saturated rings. The molecule has 0 radical (unpaired) electrons. The molecule has 0 aliphatic carbocycles. The quantitative estimate of drug-likeness (QED) is 0.747. The summed E-state index contributed by atoms with van der Waals surface area (Å²) in [7, 11) is 0. The zero-order valence-corrected chi connectivity index (χ0v) is 10.4. The van der Waals surface area contributed by atoms with Crippen molar-refractivity contribution in [2.24, 2.45) is 5.41 Å². The van der Waals surface area contributed by atoms with Gasteiger partial charge in [0.15, 0.2) is 0 Å². The molecule has 0 aromatic rings. The van der Waals surface area contributed by atoms with Crippen LogP contribution in [0.4, 0.5) is 0 Å². The summed E-state index contributed by atoms with van der Waals surface area (Å²) in [4.78, 5) is 11.9. The SMILES string of the molecule is CCC(C)(C)C(=O)NC1CCC(C)NC1. The van der Waals surface area contributed by atoms with E-state index in [9.17, 15) is 4.79 Å². The fourth-order valence-electron chi connectivity index (χ4n) is 1.66. The van der Waals surface area contributed by atoms with Crippen LogP contribution in [-0.4, -0.2) is 24.5 Å². The predicted molar refractivity (Wildman–Crippen MR) is 62.7 cm³/mol. The summed E-state index contributed by atoms with van der Waals surface area (Å²) in [5, 5.41) is 6.52. The summed E-state index contributed by atoms with van der Waals surface area (Å²) in [5.74, 6) is 0.186. The Kier molecular flexibility index (Phi) is 4.14. The minimum atomic E-state index is -0.233. The van der Waals surface area contributed by atoms with E-state index < -0.39 is 0 Å². The van der Waals surface area contributed by atoms with E-state index >= 15 is 0 Å². The molecule has 2 unspecified atom stereocenters. The Hall–Kier alpha value is -0.570. The predicted octanol–water partition coefficient (Wildman–Crippen LogP) is 1.68. The van der Waals surface area contributed by atoms with Crippen molar-refractivity contribution in [3.05, 3.63) is 0 Å². The molecule has 0 bridgehead atoms. The van der Waals surface area contributed by atoms with Crippen molar-refractivity contribution in [2.75, 3.05) is 6.54 Å². The van der Waals surface area contributed by atoms with Gasteiger partial charge >= 0.3 is 0 Å². The maximum atomic E-state index is 11.9. The first kappa shape index (κ1) is 12.5. The van der Waals surface area contributed by atoms with Gasteiger partial charge in [-0.15, -0.1) is 0 Å². The number of carbonyl (C=O) groups is 1. The molecular formula is C12H24N2O. The van der Waals surface area contributed by atoms with Gasteiger partial charge in [-0.1, -0.05) is 20.8 Å². The van der Waals surface area contributed by atoms with Crippen molar-refractivity contribution in [3.8, 4) is 0 Å². The summed E-state index contributed by atoms with van der Waals surface area (Å²) < 4.78 is 0. The Bertz CT molecular complexity index is 218. The van der Waals surface area contributed by atoms with Crippen LogP contribution in [0, 0.1) is 5.41 Å². The summed E-state index contributed by atoms with van der Waals surface area (Å²) in [6.07, 6.45) is 3.13. The topological polar surface area (TPSA) is 41.1 Å². The lowest BCUT2D eigenvalue weighted by Crippen LogP contribution is -2.51. The number of carbonyl (C=O) groups excluding carboxylic acids is 1. The zero-order chi connectivity index (χ0) is 11.5. The number of amides is 1. The van der Waals surface area contributed by atoms with E-state index in [1.165, 1.54) is 0 Å². The second-order valence-electron chi connectivity index (χ2n) is 5.29. The van der Waals surface area contributed by atoms with E-state index in [-0.39, 0.29) is 11.3 Å². The minimum absolute atomic E-state index is 0.186. The Balaban J connectivity index is 2.39. The smallest absolute Gasteiger partial charge is 0.225 e. The second kappa shape index (κ2) is 4.97. The molecule has 3 nitrogen and oxygen atoms in total. The fourth-order valence-corrected chi connectivity index (χ4v) is 1.66. The molecule has 0 aromatic heterocycles. The van der Waals surface area contributed by atoms with E-state index in [4.69, 9.17) is 0 Å². The largest absolute Gasteiger partial charge is 0.352 e. The normalized spacial score (nSPS) is 27.5. The van der Waals surface area contributed by atoms with Crippen LogP contribution >= 0.6 is 0 Å². The molecule has 2 atom stereocenters. The lowest BCUT2D eigenvalue weighted by molar-refractivity contribution is -0.130. The van der Waals surface area contributed by atoms with E-state index in [0.29, 0.717) is 12.1 Å². The highest BCUT2D eigenvalue weighted by Gasteiger charge is 2.28. The number of hydrogen-bond donors (Lipinski definition) is 2. The van der Waals surface area contributed by atoms with Gasteiger partial charge in [-0.25, -0.2) is 0 Å². The van der Waals surface area contributed by atoms with Crippen molar-refractivity contribution in [2.45, 2.75) is 59.0 Å². The fraction of sp³-hybridized carbons (Fsp3) is 0.917. The molecule has 0 spiro atoms. The third kappa shape index (κ3) is 3.49. The number of rotatable bonds is 3. The van der Waals surface area contributed by atoms with Crippen molar-refractivity contribution in [3.63, 3.8) is 0 Å². The lowest BCUT2D eigenvalue weighted by Gasteiger charge is -2.31. The minimum Gasteiger partial charge on any atom is -0.352 e. The number of hydrogen-bond acceptors (Lipinski definition) is 2. The van der Waals surface area contributed by atoms with Gasteiger partial charge in [0.1, 0.15) is 0 Å². The highest BCUT2D eigenvalue weighted by atomic mass is 16.2. The summed E-state index contributed by atoms with van der Waals surface area (Å²) in [6, 6.07) is 0.914. The zero-order valence-electron chi connectivity index (χ0n) is 10.4. The van der Waals surface area contributed by atoms with Crippen LogP contribution in [0.5, 0.6) is 0 Å². The average Bonchev–Trinajstić information content (AvgIpc) is 2.21. The maximum absolute atomic E-state index is 11.9. The van der Waals surface area contributed by atoms with Crippen molar-refractivity contribution in [1.29, 1.82) is 0 Å². The second-order valence-corrected chi connectivity index (χ2v) is 5.29. The van der Waals surface area contributed by atoms with Gasteiger partial charge in [0.2, 0.25) is 5.91 Å². The Morgan fingerprint density at radius 1 is 1.47 bits per heavy atom. The molecule has 1 saturated heterocycles. The number of piperidine rings is 1. The van der Waals surface area contributed by atoms with Gasteiger partial charge in [-0.3, -0.25) is 4.79 Å². The molecule has 1 amide bonds. The molecule has 1 rings (SSSR count). The average molecular weight is 212 g/mol. The van der Waals surface area contributed by atoms with E-state index in [2.05, 4.69) is 24.5 Å². The van der Waals surface area contributed by atoms with Crippen LogP contribution in [0.3, 0.4) is 0 Å².